The van der Waals surface area contributed by atoms with Gasteiger partial charge < -0.3 is 15.2 Å². The molecule has 3 heteroatoms. The fraction of sp³-hybridized carbons (Fsp3) is 0.556. The van der Waals surface area contributed by atoms with Crippen LogP contribution in [0.15, 0.2) is 25.3 Å². The summed E-state index contributed by atoms with van der Waals surface area (Å²) in [5, 5.41) is 0. The first-order valence-corrected chi connectivity index (χ1v) is 4.02. The minimum atomic E-state index is -0.705. The van der Waals surface area contributed by atoms with E-state index < -0.39 is 5.79 Å². The van der Waals surface area contributed by atoms with Gasteiger partial charge in [-0.3, -0.25) is 0 Å². The summed E-state index contributed by atoms with van der Waals surface area (Å²) in [4.78, 5) is 0. The maximum absolute atomic E-state index is 5.78. The highest BCUT2D eigenvalue weighted by molar-refractivity contribution is 4.99. The number of hydrogen-bond acceptors (Lipinski definition) is 3. The largest absolute Gasteiger partial charge is 0.345 e. The van der Waals surface area contributed by atoms with Crippen LogP contribution in [0.5, 0.6) is 0 Å². The summed E-state index contributed by atoms with van der Waals surface area (Å²) in [6.07, 6.45) is 3.98. The lowest BCUT2D eigenvalue weighted by molar-refractivity contribution is -0.160. The molecule has 1 unspecified atom stereocenters. The molecular weight excluding hydrogens is 154 g/mol. The average Bonchev–Trinajstić information content (AvgIpc) is 2.53. The molecule has 1 heterocycles. The van der Waals surface area contributed by atoms with Crippen LogP contribution in [0.2, 0.25) is 0 Å². The number of nitrogens with two attached hydrogens (primary N) is 1. The second kappa shape index (κ2) is 3.85. The average molecular weight is 169 g/mol. The van der Waals surface area contributed by atoms with Crippen molar-refractivity contribution in [2.45, 2.75) is 18.2 Å². The summed E-state index contributed by atoms with van der Waals surface area (Å²) in [5.74, 6) is -0.705. The Morgan fingerprint density at radius 2 is 2.00 bits per heavy atom. The first-order valence-electron chi connectivity index (χ1n) is 4.02. The molecule has 0 aromatic carbocycles. The normalized spacial score (nSPS) is 23.4. The molecule has 1 aliphatic heterocycles. The number of rotatable bonds is 4. The van der Waals surface area contributed by atoms with Crippen LogP contribution < -0.4 is 5.73 Å². The van der Waals surface area contributed by atoms with Gasteiger partial charge in [-0.1, -0.05) is 12.2 Å². The van der Waals surface area contributed by atoms with E-state index in [2.05, 4.69) is 13.2 Å². The van der Waals surface area contributed by atoms with Gasteiger partial charge in [0.15, 0.2) is 5.79 Å². The highest BCUT2D eigenvalue weighted by Crippen LogP contribution is 2.27. The summed E-state index contributed by atoms with van der Waals surface area (Å²) in [5.41, 5.74) is 5.78. The zero-order valence-corrected chi connectivity index (χ0v) is 7.16. The van der Waals surface area contributed by atoms with Gasteiger partial charge in [0.2, 0.25) is 0 Å². The minimum absolute atomic E-state index is 0.294. The topological polar surface area (TPSA) is 44.5 Å². The van der Waals surface area contributed by atoms with Crippen LogP contribution >= 0.6 is 0 Å². The van der Waals surface area contributed by atoms with E-state index >= 15 is 0 Å². The third-order valence-electron chi connectivity index (χ3n) is 1.97. The van der Waals surface area contributed by atoms with E-state index in [9.17, 15) is 0 Å². The van der Waals surface area contributed by atoms with Crippen molar-refractivity contribution < 1.29 is 9.47 Å². The third kappa shape index (κ3) is 1.58. The molecule has 68 valence electrons. The lowest BCUT2D eigenvalue weighted by Crippen LogP contribution is -2.47. The molecule has 1 fully saturated rings. The van der Waals surface area contributed by atoms with Crippen molar-refractivity contribution >= 4 is 0 Å². The molecule has 0 bridgehead atoms. The van der Waals surface area contributed by atoms with Crippen molar-refractivity contribution in [3.63, 3.8) is 0 Å². The Morgan fingerprint density at radius 3 is 2.42 bits per heavy atom. The molecular formula is C9H15NO2. The number of ether oxygens (including phenoxy) is 2. The predicted molar refractivity (Wildman–Crippen MR) is 47.6 cm³/mol. The minimum Gasteiger partial charge on any atom is -0.345 e. The predicted octanol–water partition coefficient (Wildman–Crippen LogP) is 0.819. The molecule has 0 saturated carbocycles. The van der Waals surface area contributed by atoms with Crippen molar-refractivity contribution in [2.75, 3.05) is 13.2 Å². The van der Waals surface area contributed by atoms with Gasteiger partial charge in [0.1, 0.15) is 0 Å². The van der Waals surface area contributed by atoms with E-state index in [-0.39, 0.29) is 6.04 Å². The van der Waals surface area contributed by atoms with Crippen molar-refractivity contribution in [1.82, 2.24) is 0 Å². The molecule has 0 amide bonds. The molecule has 1 rings (SSSR count). The van der Waals surface area contributed by atoms with Crippen LogP contribution in [0, 0.1) is 0 Å². The van der Waals surface area contributed by atoms with Crippen LogP contribution in [0.25, 0.3) is 0 Å². The van der Waals surface area contributed by atoms with Crippen molar-refractivity contribution in [1.29, 1.82) is 0 Å². The molecule has 12 heavy (non-hydrogen) atoms. The van der Waals surface area contributed by atoms with Gasteiger partial charge in [-0.25, -0.2) is 0 Å². The molecule has 2 N–H and O–H groups in total. The first-order chi connectivity index (χ1) is 5.75. The Bertz CT molecular complexity index is 173. The molecule has 0 spiro atoms. The van der Waals surface area contributed by atoms with Gasteiger partial charge in [0.25, 0.3) is 0 Å². The van der Waals surface area contributed by atoms with Gasteiger partial charge in [-0.15, -0.1) is 13.2 Å². The summed E-state index contributed by atoms with van der Waals surface area (Å²) < 4.78 is 10.9. The van der Waals surface area contributed by atoms with Crippen molar-refractivity contribution in [3.05, 3.63) is 25.3 Å². The van der Waals surface area contributed by atoms with Crippen molar-refractivity contribution in [2.24, 2.45) is 5.73 Å². The maximum Gasteiger partial charge on any atom is 0.190 e. The summed E-state index contributed by atoms with van der Waals surface area (Å²) in [6.45, 7) is 8.43. The molecule has 3 nitrogen and oxygen atoms in total. The zero-order valence-electron chi connectivity index (χ0n) is 7.16. The Labute approximate surface area is 72.8 Å². The Kier molecular flexibility index (Phi) is 3.03. The quantitative estimate of drug-likeness (QED) is 0.634. The van der Waals surface area contributed by atoms with Crippen LogP contribution in [0.4, 0.5) is 0 Å². The smallest absolute Gasteiger partial charge is 0.190 e. The second-order valence-electron chi connectivity index (χ2n) is 2.76. The van der Waals surface area contributed by atoms with Gasteiger partial charge in [-0.2, -0.15) is 0 Å². The second-order valence-corrected chi connectivity index (χ2v) is 2.76. The molecule has 0 aromatic heterocycles. The molecule has 0 aromatic rings. The lowest BCUT2D eigenvalue weighted by Gasteiger charge is -2.30. The fourth-order valence-electron chi connectivity index (χ4n) is 1.30. The Balaban J connectivity index is 2.69. The van der Waals surface area contributed by atoms with E-state index in [0.29, 0.717) is 19.6 Å². The fourth-order valence-corrected chi connectivity index (χ4v) is 1.30. The summed E-state index contributed by atoms with van der Waals surface area (Å²) >= 11 is 0. The lowest BCUT2D eigenvalue weighted by atomic mass is 10.0. The van der Waals surface area contributed by atoms with Gasteiger partial charge in [0.05, 0.1) is 19.3 Å². The Hall–Kier alpha value is -0.640. The molecule has 1 aliphatic rings. The van der Waals surface area contributed by atoms with Crippen molar-refractivity contribution in [3.8, 4) is 0 Å². The highest BCUT2D eigenvalue weighted by atomic mass is 16.7. The standard InChI is InChI=1S/C9H15NO2/c1-3-5-9(8(10)4-2)11-6-7-12-9/h3-4,8H,1-2,5-7,10H2. The zero-order chi connectivity index (χ0) is 9.03. The van der Waals surface area contributed by atoms with E-state index in [1.165, 1.54) is 0 Å². The monoisotopic (exact) mass is 169 g/mol. The van der Waals surface area contributed by atoms with Gasteiger partial charge >= 0.3 is 0 Å². The first kappa shape index (κ1) is 9.45. The van der Waals surface area contributed by atoms with E-state index in [0.717, 1.165) is 0 Å². The number of hydrogen-bond donors (Lipinski definition) is 1. The Morgan fingerprint density at radius 1 is 1.42 bits per heavy atom. The third-order valence-corrected chi connectivity index (χ3v) is 1.97. The van der Waals surface area contributed by atoms with E-state index in [1.54, 1.807) is 12.2 Å². The molecule has 1 saturated heterocycles. The van der Waals surface area contributed by atoms with Gasteiger partial charge in [0, 0.05) is 6.42 Å². The SMILES string of the molecule is C=CCC1(C(N)C=C)OCCO1. The van der Waals surface area contributed by atoms with Crippen LogP contribution in [0.3, 0.4) is 0 Å². The van der Waals surface area contributed by atoms with Gasteiger partial charge in [-0.05, 0) is 0 Å². The van der Waals surface area contributed by atoms with E-state index in [1.807, 2.05) is 0 Å². The van der Waals surface area contributed by atoms with E-state index in [4.69, 9.17) is 15.2 Å². The summed E-state index contributed by atoms with van der Waals surface area (Å²) in [6, 6.07) is -0.294. The van der Waals surface area contributed by atoms with Crippen LogP contribution in [0.1, 0.15) is 6.42 Å². The molecule has 0 aliphatic carbocycles. The van der Waals surface area contributed by atoms with Crippen LogP contribution in [-0.2, 0) is 9.47 Å². The summed E-state index contributed by atoms with van der Waals surface area (Å²) in [7, 11) is 0. The molecule has 1 atom stereocenters. The van der Waals surface area contributed by atoms with Crippen LogP contribution in [-0.4, -0.2) is 25.0 Å². The maximum atomic E-state index is 5.78. The highest BCUT2D eigenvalue weighted by Gasteiger charge is 2.39. The molecule has 0 radical (unpaired) electrons.